The van der Waals surface area contributed by atoms with Crippen LogP contribution in [0.15, 0.2) is 24.7 Å². The summed E-state index contributed by atoms with van der Waals surface area (Å²) < 4.78 is 1.71. The van der Waals surface area contributed by atoms with Gasteiger partial charge in [-0.05, 0) is 6.07 Å². The maximum absolute atomic E-state index is 5.72. The molecule has 2 rings (SSSR count). The van der Waals surface area contributed by atoms with E-state index in [1.165, 1.54) is 6.33 Å². The molecule has 0 aliphatic heterocycles. The number of aryl methyl sites for hydroxylation is 1. The molecule has 0 N–H and O–H groups in total. The Morgan fingerprint density at radius 2 is 2.15 bits per heavy atom. The highest BCUT2D eigenvalue weighted by atomic mass is 35.5. The molecule has 2 heterocycles. The van der Waals surface area contributed by atoms with Crippen LogP contribution in [0.1, 0.15) is 0 Å². The molecule has 0 aromatic carbocycles. The van der Waals surface area contributed by atoms with Gasteiger partial charge >= 0.3 is 0 Å². The Morgan fingerprint density at radius 1 is 1.31 bits per heavy atom. The van der Waals surface area contributed by atoms with Crippen LogP contribution in [-0.2, 0) is 7.05 Å². The molecule has 66 valence electrons. The molecule has 0 amide bonds. The van der Waals surface area contributed by atoms with Gasteiger partial charge in [0, 0.05) is 19.3 Å². The number of aromatic nitrogens is 4. The lowest BCUT2D eigenvalue weighted by Crippen LogP contribution is -1.90. The molecule has 0 saturated heterocycles. The van der Waals surface area contributed by atoms with Gasteiger partial charge < -0.3 is 0 Å². The van der Waals surface area contributed by atoms with Crippen LogP contribution >= 0.6 is 11.6 Å². The van der Waals surface area contributed by atoms with E-state index in [1.807, 2.05) is 19.3 Å². The summed E-state index contributed by atoms with van der Waals surface area (Å²) >= 11 is 5.72. The quantitative estimate of drug-likeness (QED) is 0.647. The molecule has 0 unspecified atom stereocenters. The zero-order valence-electron chi connectivity index (χ0n) is 6.98. The zero-order valence-corrected chi connectivity index (χ0v) is 7.73. The van der Waals surface area contributed by atoms with Gasteiger partial charge in [0.1, 0.15) is 17.2 Å². The normalized spacial score (nSPS) is 10.3. The van der Waals surface area contributed by atoms with E-state index in [9.17, 15) is 0 Å². The van der Waals surface area contributed by atoms with Crippen molar-refractivity contribution in [2.24, 2.45) is 7.05 Å². The minimum Gasteiger partial charge on any atom is -0.275 e. The maximum Gasteiger partial charge on any atom is 0.133 e. The topological polar surface area (TPSA) is 43.6 Å². The number of rotatable bonds is 1. The Bertz CT molecular complexity index is 424. The van der Waals surface area contributed by atoms with Crippen LogP contribution in [0.3, 0.4) is 0 Å². The lowest BCUT2D eigenvalue weighted by Gasteiger charge is -1.94. The standard InChI is InChI=1S/C8H7ClN4/c1-13-3-2-6(12-13)7-4-8(9)11-5-10-7/h2-5H,1H3. The summed E-state index contributed by atoms with van der Waals surface area (Å²) in [6.45, 7) is 0. The van der Waals surface area contributed by atoms with Gasteiger partial charge in [-0.15, -0.1) is 0 Å². The van der Waals surface area contributed by atoms with Crippen molar-refractivity contribution in [3.05, 3.63) is 29.8 Å². The number of nitrogens with zero attached hydrogens (tertiary/aromatic N) is 4. The summed E-state index contributed by atoms with van der Waals surface area (Å²) in [6.07, 6.45) is 3.28. The Hall–Kier alpha value is -1.42. The summed E-state index contributed by atoms with van der Waals surface area (Å²) in [4.78, 5) is 7.84. The molecule has 0 saturated carbocycles. The van der Waals surface area contributed by atoms with E-state index in [-0.39, 0.29) is 0 Å². The molecule has 0 radical (unpaired) electrons. The highest BCUT2D eigenvalue weighted by Crippen LogP contribution is 2.15. The molecular weight excluding hydrogens is 188 g/mol. The van der Waals surface area contributed by atoms with Crippen LogP contribution < -0.4 is 0 Å². The molecule has 0 atom stereocenters. The monoisotopic (exact) mass is 194 g/mol. The summed E-state index contributed by atoms with van der Waals surface area (Å²) in [5, 5.41) is 4.62. The van der Waals surface area contributed by atoms with Gasteiger partial charge in [-0.1, -0.05) is 11.6 Å². The van der Waals surface area contributed by atoms with Gasteiger partial charge in [0.2, 0.25) is 0 Å². The molecule has 0 fully saturated rings. The fourth-order valence-corrected chi connectivity index (χ4v) is 1.17. The van der Waals surface area contributed by atoms with Crippen LogP contribution in [0.4, 0.5) is 0 Å². The second kappa shape index (κ2) is 3.14. The van der Waals surface area contributed by atoms with Crippen molar-refractivity contribution >= 4 is 11.6 Å². The minimum atomic E-state index is 0.427. The average Bonchev–Trinajstić information content (AvgIpc) is 2.52. The summed E-state index contributed by atoms with van der Waals surface area (Å²) in [5.74, 6) is 0. The summed E-state index contributed by atoms with van der Waals surface area (Å²) in [5.41, 5.74) is 1.53. The molecular formula is C8H7ClN4. The fourth-order valence-electron chi connectivity index (χ4n) is 1.03. The Labute approximate surface area is 80.2 Å². The van der Waals surface area contributed by atoms with Crippen molar-refractivity contribution in [1.82, 2.24) is 19.7 Å². The number of hydrogen-bond acceptors (Lipinski definition) is 3. The SMILES string of the molecule is Cn1ccc(-c2cc(Cl)ncn2)n1. The third-order valence-electron chi connectivity index (χ3n) is 1.61. The molecule has 13 heavy (non-hydrogen) atoms. The highest BCUT2D eigenvalue weighted by Gasteiger charge is 2.02. The van der Waals surface area contributed by atoms with E-state index >= 15 is 0 Å². The van der Waals surface area contributed by atoms with E-state index in [2.05, 4.69) is 15.1 Å². The van der Waals surface area contributed by atoms with E-state index < -0.39 is 0 Å². The van der Waals surface area contributed by atoms with E-state index in [4.69, 9.17) is 11.6 Å². The molecule has 0 spiro atoms. The van der Waals surface area contributed by atoms with E-state index in [0.29, 0.717) is 5.15 Å². The molecule has 0 aliphatic carbocycles. The van der Waals surface area contributed by atoms with Gasteiger partial charge in [-0.25, -0.2) is 9.97 Å². The van der Waals surface area contributed by atoms with E-state index in [0.717, 1.165) is 11.4 Å². The molecule has 4 nitrogen and oxygen atoms in total. The van der Waals surface area contributed by atoms with Gasteiger partial charge in [-0.2, -0.15) is 5.10 Å². The van der Waals surface area contributed by atoms with Crippen molar-refractivity contribution in [3.63, 3.8) is 0 Å². The van der Waals surface area contributed by atoms with Gasteiger partial charge in [0.15, 0.2) is 0 Å². The molecule has 2 aromatic rings. The van der Waals surface area contributed by atoms with Crippen LogP contribution in [0.25, 0.3) is 11.4 Å². The van der Waals surface area contributed by atoms with Crippen LogP contribution in [0.5, 0.6) is 0 Å². The minimum absolute atomic E-state index is 0.427. The Kier molecular flexibility index (Phi) is 1.98. The van der Waals surface area contributed by atoms with Crippen molar-refractivity contribution in [2.75, 3.05) is 0 Å². The third kappa shape index (κ3) is 1.67. The molecule has 0 bridgehead atoms. The first-order chi connectivity index (χ1) is 6.25. The smallest absolute Gasteiger partial charge is 0.133 e. The van der Waals surface area contributed by atoms with Crippen LogP contribution in [0, 0.1) is 0 Å². The first-order valence-electron chi connectivity index (χ1n) is 3.73. The number of halogens is 1. The van der Waals surface area contributed by atoms with Crippen molar-refractivity contribution in [2.45, 2.75) is 0 Å². The van der Waals surface area contributed by atoms with Crippen LogP contribution in [-0.4, -0.2) is 19.7 Å². The highest BCUT2D eigenvalue weighted by molar-refractivity contribution is 6.29. The summed E-state index contributed by atoms with van der Waals surface area (Å²) in [7, 11) is 1.85. The van der Waals surface area contributed by atoms with E-state index in [1.54, 1.807) is 10.7 Å². The molecule has 2 aromatic heterocycles. The maximum atomic E-state index is 5.72. The average molecular weight is 195 g/mol. The summed E-state index contributed by atoms with van der Waals surface area (Å²) in [6, 6.07) is 3.56. The van der Waals surface area contributed by atoms with Crippen molar-refractivity contribution < 1.29 is 0 Å². The van der Waals surface area contributed by atoms with Crippen molar-refractivity contribution in [3.8, 4) is 11.4 Å². The number of hydrogen-bond donors (Lipinski definition) is 0. The van der Waals surface area contributed by atoms with Gasteiger partial charge in [-0.3, -0.25) is 4.68 Å². The second-order valence-corrected chi connectivity index (χ2v) is 2.99. The van der Waals surface area contributed by atoms with Gasteiger partial charge in [0.05, 0.1) is 5.69 Å². The Balaban J connectivity index is 2.46. The molecule has 5 heteroatoms. The lowest BCUT2D eigenvalue weighted by atomic mass is 10.3. The van der Waals surface area contributed by atoms with Gasteiger partial charge in [0.25, 0.3) is 0 Å². The predicted molar refractivity (Wildman–Crippen MR) is 49.2 cm³/mol. The first-order valence-corrected chi connectivity index (χ1v) is 4.11. The second-order valence-electron chi connectivity index (χ2n) is 2.60. The molecule has 0 aliphatic rings. The van der Waals surface area contributed by atoms with Crippen molar-refractivity contribution in [1.29, 1.82) is 0 Å². The fraction of sp³-hybridized carbons (Fsp3) is 0.125. The Morgan fingerprint density at radius 3 is 2.77 bits per heavy atom. The third-order valence-corrected chi connectivity index (χ3v) is 1.82. The van der Waals surface area contributed by atoms with Crippen LogP contribution in [0.2, 0.25) is 5.15 Å². The first kappa shape index (κ1) is 8.19. The predicted octanol–water partition coefficient (Wildman–Crippen LogP) is 1.53. The zero-order chi connectivity index (χ0) is 9.26. The lowest BCUT2D eigenvalue weighted by molar-refractivity contribution is 0.770. The largest absolute Gasteiger partial charge is 0.275 e.